The Hall–Kier alpha value is -1.91. The summed E-state index contributed by atoms with van der Waals surface area (Å²) in [6.45, 7) is 3.91. The van der Waals surface area contributed by atoms with E-state index in [2.05, 4.69) is 0 Å². The average molecular weight is 348 g/mol. The summed E-state index contributed by atoms with van der Waals surface area (Å²) in [6, 6.07) is 0. The molecule has 5 nitrogen and oxygen atoms in total. The molecule has 0 aromatic carbocycles. The molecule has 2 aliphatic carbocycles. The third-order valence-corrected chi connectivity index (χ3v) is 4.90. The molecule has 0 saturated heterocycles. The van der Waals surface area contributed by atoms with Gasteiger partial charge in [0.15, 0.2) is 5.41 Å². The molecule has 0 aliphatic heterocycles. The van der Waals surface area contributed by atoms with Gasteiger partial charge in [0.05, 0.1) is 13.2 Å². The zero-order chi connectivity index (χ0) is 18.3. The van der Waals surface area contributed by atoms with Crippen molar-refractivity contribution in [3.8, 4) is 0 Å². The first kappa shape index (κ1) is 19.4. The molecule has 0 spiro atoms. The molecule has 5 heteroatoms. The molecular formula is C20H28O5. The van der Waals surface area contributed by atoms with Crippen LogP contribution in [-0.4, -0.2) is 31.4 Å². The lowest BCUT2D eigenvalue weighted by Gasteiger charge is -2.27. The van der Waals surface area contributed by atoms with Gasteiger partial charge in [-0.25, -0.2) is 0 Å². The Kier molecular flexibility index (Phi) is 6.97. The number of allylic oxidation sites excluding steroid dienone is 4. The monoisotopic (exact) mass is 348 g/mol. The van der Waals surface area contributed by atoms with Crippen molar-refractivity contribution in [3.05, 3.63) is 23.3 Å². The topological polar surface area (TPSA) is 69.7 Å². The molecule has 0 amide bonds. The van der Waals surface area contributed by atoms with Crippen LogP contribution in [0, 0.1) is 11.3 Å². The van der Waals surface area contributed by atoms with Crippen LogP contribution < -0.4 is 0 Å². The van der Waals surface area contributed by atoms with Crippen molar-refractivity contribution in [3.63, 3.8) is 0 Å². The molecular weight excluding hydrogens is 320 g/mol. The molecule has 0 radical (unpaired) electrons. The van der Waals surface area contributed by atoms with Crippen molar-refractivity contribution in [2.75, 3.05) is 13.2 Å². The van der Waals surface area contributed by atoms with Gasteiger partial charge in [0.1, 0.15) is 6.29 Å². The van der Waals surface area contributed by atoms with Crippen LogP contribution in [0.2, 0.25) is 0 Å². The molecule has 2 rings (SSSR count). The Morgan fingerprint density at radius 1 is 1.00 bits per heavy atom. The SMILES string of the molecule is CCOC(=O)C(CC=C1CC1)(C/C=C1\CCC(C=O)C1)C(=O)OCC. The molecule has 25 heavy (non-hydrogen) atoms. The lowest BCUT2D eigenvalue weighted by Crippen LogP contribution is -2.41. The second-order valence-electron chi connectivity index (χ2n) is 6.80. The first-order valence-electron chi connectivity index (χ1n) is 9.21. The summed E-state index contributed by atoms with van der Waals surface area (Å²) >= 11 is 0. The summed E-state index contributed by atoms with van der Waals surface area (Å²) in [7, 11) is 0. The van der Waals surface area contributed by atoms with Crippen LogP contribution in [0.15, 0.2) is 23.3 Å². The lowest BCUT2D eigenvalue weighted by atomic mass is 9.80. The molecule has 1 atom stereocenters. The Morgan fingerprint density at radius 2 is 1.56 bits per heavy atom. The quantitative estimate of drug-likeness (QED) is 0.276. The highest BCUT2D eigenvalue weighted by Gasteiger charge is 2.47. The summed E-state index contributed by atoms with van der Waals surface area (Å²) in [5.41, 5.74) is 1.08. The number of carbonyl (C=O) groups excluding carboxylic acids is 3. The number of hydrogen-bond acceptors (Lipinski definition) is 5. The van der Waals surface area contributed by atoms with Gasteiger partial charge in [-0.3, -0.25) is 9.59 Å². The predicted molar refractivity (Wildman–Crippen MR) is 93.7 cm³/mol. The molecule has 0 aromatic rings. The van der Waals surface area contributed by atoms with Crippen molar-refractivity contribution in [1.29, 1.82) is 0 Å². The maximum atomic E-state index is 12.7. The fraction of sp³-hybridized carbons (Fsp3) is 0.650. The average Bonchev–Trinajstić information content (AvgIpc) is 3.32. The predicted octanol–water partition coefficient (Wildman–Crippen LogP) is 3.52. The van der Waals surface area contributed by atoms with E-state index in [0.29, 0.717) is 12.8 Å². The number of hydrogen-bond donors (Lipinski definition) is 0. The minimum atomic E-state index is -1.33. The summed E-state index contributed by atoms with van der Waals surface area (Å²) in [6.07, 6.45) is 9.94. The Balaban J connectivity index is 2.25. The summed E-state index contributed by atoms with van der Waals surface area (Å²) in [5, 5.41) is 0. The highest BCUT2D eigenvalue weighted by Crippen LogP contribution is 2.38. The standard InChI is InChI=1S/C20H28O5/c1-3-24-18(22)20(19(23)25-4-2,11-9-15-5-6-15)12-10-16-7-8-17(13-16)14-21/h9-10,14,17H,3-8,11-13H2,1-2H3/b16-10+. The molecule has 0 bridgehead atoms. The molecule has 138 valence electrons. The summed E-state index contributed by atoms with van der Waals surface area (Å²) < 4.78 is 10.5. The van der Waals surface area contributed by atoms with Crippen molar-refractivity contribution >= 4 is 18.2 Å². The van der Waals surface area contributed by atoms with E-state index in [1.165, 1.54) is 5.57 Å². The third-order valence-electron chi connectivity index (χ3n) is 4.90. The highest BCUT2D eigenvalue weighted by atomic mass is 16.6. The van der Waals surface area contributed by atoms with E-state index < -0.39 is 17.4 Å². The van der Waals surface area contributed by atoms with Crippen LogP contribution in [0.5, 0.6) is 0 Å². The molecule has 0 heterocycles. The van der Waals surface area contributed by atoms with Gasteiger partial charge in [-0.15, -0.1) is 0 Å². The third kappa shape index (κ3) is 5.03. The number of ether oxygens (including phenoxy) is 2. The molecule has 0 N–H and O–H groups in total. The van der Waals surface area contributed by atoms with E-state index in [9.17, 15) is 14.4 Å². The van der Waals surface area contributed by atoms with E-state index in [4.69, 9.17) is 9.47 Å². The Bertz CT molecular complexity index is 549. The maximum Gasteiger partial charge on any atom is 0.324 e. The van der Waals surface area contributed by atoms with E-state index in [-0.39, 0.29) is 25.6 Å². The summed E-state index contributed by atoms with van der Waals surface area (Å²) in [5.74, 6) is -0.986. The maximum absolute atomic E-state index is 12.7. The molecule has 1 unspecified atom stereocenters. The fourth-order valence-electron chi connectivity index (χ4n) is 3.17. The molecule has 2 aliphatic rings. The van der Waals surface area contributed by atoms with Gasteiger partial charge in [-0.1, -0.05) is 23.3 Å². The van der Waals surface area contributed by atoms with Crippen LogP contribution in [0.1, 0.15) is 58.8 Å². The zero-order valence-corrected chi connectivity index (χ0v) is 15.2. The highest BCUT2D eigenvalue weighted by molar-refractivity contribution is 6.00. The van der Waals surface area contributed by atoms with Crippen molar-refractivity contribution < 1.29 is 23.9 Å². The van der Waals surface area contributed by atoms with E-state index in [1.54, 1.807) is 13.8 Å². The lowest BCUT2D eigenvalue weighted by molar-refractivity contribution is -0.171. The van der Waals surface area contributed by atoms with Crippen molar-refractivity contribution in [2.24, 2.45) is 11.3 Å². The van der Waals surface area contributed by atoms with Gasteiger partial charge in [-0.2, -0.15) is 0 Å². The van der Waals surface area contributed by atoms with E-state index in [1.807, 2.05) is 12.2 Å². The zero-order valence-electron chi connectivity index (χ0n) is 15.2. The number of esters is 2. The van der Waals surface area contributed by atoms with Crippen molar-refractivity contribution in [1.82, 2.24) is 0 Å². The largest absolute Gasteiger partial charge is 0.465 e. The minimum absolute atomic E-state index is 0.0550. The smallest absolute Gasteiger partial charge is 0.324 e. The minimum Gasteiger partial charge on any atom is -0.465 e. The van der Waals surface area contributed by atoms with Gasteiger partial charge in [-0.05, 0) is 58.8 Å². The van der Waals surface area contributed by atoms with Crippen LogP contribution in [0.25, 0.3) is 0 Å². The first-order valence-corrected chi connectivity index (χ1v) is 9.21. The summed E-state index contributed by atoms with van der Waals surface area (Å²) in [4.78, 5) is 36.3. The second-order valence-corrected chi connectivity index (χ2v) is 6.80. The number of carbonyl (C=O) groups is 3. The van der Waals surface area contributed by atoms with Gasteiger partial charge in [0.2, 0.25) is 0 Å². The van der Waals surface area contributed by atoms with Crippen molar-refractivity contribution in [2.45, 2.75) is 58.8 Å². The van der Waals surface area contributed by atoms with Gasteiger partial charge < -0.3 is 14.3 Å². The second kappa shape index (κ2) is 8.97. The number of rotatable bonds is 9. The fourth-order valence-corrected chi connectivity index (χ4v) is 3.17. The van der Waals surface area contributed by atoms with Crippen LogP contribution in [0.3, 0.4) is 0 Å². The molecule has 0 aromatic heterocycles. The van der Waals surface area contributed by atoms with Gasteiger partial charge in [0.25, 0.3) is 0 Å². The Morgan fingerprint density at radius 3 is 2.00 bits per heavy atom. The van der Waals surface area contributed by atoms with Crippen LogP contribution in [-0.2, 0) is 23.9 Å². The van der Waals surface area contributed by atoms with E-state index in [0.717, 1.165) is 37.5 Å². The van der Waals surface area contributed by atoms with E-state index >= 15 is 0 Å². The molecule has 2 saturated carbocycles. The van der Waals surface area contributed by atoms with Crippen LogP contribution >= 0.6 is 0 Å². The normalized spacial score (nSPS) is 21.1. The van der Waals surface area contributed by atoms with Gasteiger partial charge in [0, 0.05) is 5.92 Å². The first-order chi connectivity index (χ1) is 12.1. The van der Waals surface area contributed by atoms with Crippen LogP contribution in [0.4, 0.5) is 0 Å². The van der Waals surface area contributed by atoms with Gasteiger partial charge >= 0.3 is 11.9 Å². The number of aldehydes is 1. The Labute approximate surface area is 149 Å². The molecule has 2 fully saturated rings.